The molecule has 0 heterocycles. The molecule has 4 nitrogen and oxygen atoms in total. The van der Waals surface area contributed by atoms with Crippen molar-refractivity contribution in [2.24, 2.45) is 11.3 Å². The average molecular weight is 225 g/mol. The molecule has 0 bridgehead atoms. The van der Waals surface area contributed by atoms with E-state index in [1.807, 2.05) is 12.2 Å². The van der Waals surface area contributed by atoms with Crippen molar-refractivity contribution in [2.45, 2.75) is 39.7 Å². The number of amides is 1. The second-order valence-corrected chi connectivity index (χ2v) is 5.29. The number of hydrogen-bond acceptors (Lipinski definition) is 2. The van der Waals surface area contributed by atoms with E-state index in [0.717, 1.165) is 0 Å². The third-order valence-electron chi connectivity index (χ3n) is 2.78. The molecule has 0 aliphatic heterocycles. The van der Waals surface area contributed by atoms with Crippen LogP contribution < -0.4 is 5.32 Å². The van der Waals surface area contributed by atoms with Gasteiger partial charge in [0.2, 0.25) is 5.91 Å². The first-order chi connectivity index (χ1) is 7.32. The predicted octanol–water partition coefficient (Wildman–Crippen LogP) is 1.57. The van der Waals surface area contributed by atoms with Crippen LogP contribution in [-0.4, -0.2) is 23.0 Å². The summed E-state index contributed by atoms with van der Waals surface area (Å²) in [5.74, 6) is -1.23. The van der Waals surface area contributed by atoms with Crippen molar-refractivity contribution in [3.8, 4) is 0 Å². The highest BCUT2D eigenvalue weighted by Crippen LogP contribution is 2.22. The number of allylic oxidation sites excluding steroid dienone is 2. The summed E-state index contributed by atoms with van der Waals surface area (Å²) in [6.45, 7) is 5.41. The highest BCUT2D eigenvalue weighted by atomic mass is 16.4. The largest absolute Gasteiger partial charge is 0.480 e. The summed E-state index contributed by atoms with van der Waals surface area (Å²) in [6.07, 6.45) is 5.33. The van der Waals surface area contributed by atoms with Crippen LogP contribution >= 0.6 is 0 Å². The first-order valence-corrected chi connectivity index (χ1v) is 5.50. The molecule has 2 N–H and O–H groups in total. The van der Waals surface area contributed by atoms with E-state index in [-0.39, 0.29) is 11.8 Å². The molecule has 0 saturated heterocycles. The van der Waals surface area contributed by atoms with Gasteiger partial charge in [0.05, 0.1) is 0 Å². The molecule has 0 fully saturated rings. The van der Waals surface area contributed by atoms with E-state index in [2.05, 4.69) is 5.32 Å². The molecule has 1 aliphatic carbocycles. The van der Waals surface area contributed by atoms with Crippen molar-refractivity contribution in [2.75, 3.05) is 0 Å². The second-order valence-electron chi connectivity index (χ2n) is 5.29. The summed E-state index contributed by atoms with van der Waals surface area (Å²) >= 11 is 0. The van der Waals surface area contributed by atoms with Crippen LogP contribution in [0.3, 0.4) is 0 Å². The van der Waals surface area contributed by atoms with E-state index >= 15 is 0 Å². The first kappa shape index (κ1) is 12.7. The summed E-state index contributed by atoms with van der Waals surface area (Å²) in [5, 5.41) is 11.7. The standard InChI is InChI=1S/C12H19NO3/c1-12(2,3)9(11(15)16)13-10(14)8-6-4-5-7-8/h4-5,8-9H,6-7H2,1-3H3,(H,13,14)(H,15,16)/t9-/m1/s1. The number of carboxylic acids is 1. The summed E-state index contributed by atoms with van der Waals surface area (Å²) in [6, 6.07) is -0.833. The lowest BCUT2D eigenvalue weighted by Crippen LogP contribution is -2.50. The van der Waals surface area contributed by atoms with Crippen LogP contribution in [-0.2, 0) is 9.59 Å². The Bertz CT molecular complexity index is 307. The lowest BCUT2D eigenvalue weighted by atomic mass is 9.86. The minimum Gasteiger partial charge on any atom is -0.480 e. The zero-order valence-electron chi connectivity index (χ0n) is 9.99. The van der Waals surface area contributed by atoms with Crippen LogP contribution in [0.5, 0.6) is 0 Å². The molecule has 0 aromatic rings. The number of carboxylic acid groups (broad SMARTS) is 1. The van der Waals surface area contributed by atoms with Gasteiger partial charge >= 0.3 is 5.97 Å². The van der Waals surface area contributed by atoms with E-state index in [9.17, 15) is 9.59 Å². The molecule has 4 heteroatoms. The van der Waals surface area contributed by atoms with Gasteiger partial charge in [0.15, 0.2) is 0 Å². The van der Waals surface area contributed by atoms with E-state index in [1.165, 1.54) is 0 Å². The Morgan fingerprint density at radius 2 is 1.81 bits per heavy atom. The fraction of sp³-hybridized carbons (Fsp3) is 0.667. The topological polar surface area (TPSA) is 66.4 Å². The second kappa shape index (κ2) is 4.68. The maximum Gasteiger partial charge on any atom is 0.326 e. The molecule has 1 aliphatic rings. The van der Waals surface area contributed by atoms with Crippen molar-refractivity contribution in [3.05, 3.63) is 12.2 Å². The molecule has 1 amide bonds. The Morgan fingerprint density at radius 1 is 1.31 bits per heavy atom. The number of aliphatic carboxylic acids is 1. The predicted molar refractivity (Wildman–Crippen MR) is 60.9 cm³/mol. The molecule has 16 heavy (non-hydrogen) atoms. The average Bonchev–Trinajstić information content (AvgIpc) is 2.63. The molecule has 0 aromatic heterocycles. The summed E-state index contributed by atoms with van der Waals surface area (Å²) in [5.41, 5.74) is -0.479. The van der Waals surface area contributed by atoms with Crippen LogP contribution in [0.25, 0.3) is 0 Å². The van der Waals surface area contributed by atoms with Crippen LogP contribution in [0.4, 0.5) is 0 Å². The van der Waals surface area contributed by atoms with Gasteiger partial charge in [-0.1, -0.05) is 32.9 Å². The Hall–Kier alpha value is -1.32. The molecule has 0 spiro atoms. The van der Waals surface area contributed by atoms with Gasteiger partial charge in [0.1, 0.15) is 6.04 Å². The van der Waals surface area contributed by atoms with Gasteiger partial charge in [-0.15, -0.1) is 0 Å². The van der Waals surface area contributed by atoms with Gasteiger partial charge in [-0.25, -0.2) is 4.79 Å². The van der Waals surface area contributed by atoms with Crippen LogP contribution in [0, 0.1) is 11.3 Å². The molecule has 90 valence electrons. The molecule has 0 radical (unpaired) electrons. The van der Waals surface area contributed by atoms with Crippen LogP contribution in [0.1, 0.15) is 33.6 Å². The molecule has 1 atom stereocenters. The van der Waals surface area contributed by atoms with Gasteiger partial charge < -0.3 is 10.4 Å². The molecular weight excluding hydrogens is 206 g/mol. The van der Waals surface area contributed by atoms with Gasteiger partial charge in [-0.05, 0) is 18.3 Å². The van der Waals surface area contributed by atoms with Crippen molar-refractivity contribution in [1.82, 2.24) is 5.32 Å². The lowest BCUT2D eigenvalue weighted by Gasteiger charge is -2.28. The molecule has 0 unspecified atom stereocenters. The number of nitrogens with one attached hydrogen (secondary N) is 1. The number of carbonyl (C=O) groups is 2. The summed E-state index contributed by atoms with van der Waals surface area (Å²) in [4.78, 5) is 22.9. The zero-order chi connectivity index (χ0) is 12.3. The number of hydrogen-bond donors (Lipinski definition) is 2. The Labute approximate surface area is 95.7 Å². The van der Waals surface area contributed by atoms with Gasteiger partial charge in [-0.3, -0.25) is 4.79 Å². The van der Waals surface area contributed by atoms with Crippen LogP contribution in [0.2, 0.25) is 0 Å². The fourth-order valence-electron chi connectivity index (χ4n) is 1.74. The molecule has 1 rings (SSSR count). The molecule has 0 saturated carbocycles. The zero-order valence-corrected chi connectivity index (χ0v) is 9.99. The minimum atomic E-state index is -0.980. The Balaban J connectivity index is 2.62. The number of carbonyl (C=O) groups excluding carboxylic acids is 1. The summed E-state index contributed by atoms with van der Waals surface area (Å²) in [7, 11) is 0. The molecular formula is C12H19NO3. The first-order valence-electron chi connectivity index (χ1n) is 5.50. The van der Waals surface area contributed by atoms with Crippen molar-refractivity contribution < 1.29 is 14.7 Å². The van der Waals surface area contributed by atoms with Crippen LogP contribution in [0.15, 0.2) is 12.2 Å². The lowest BCUT2D eigenvalue weighted by molar-refractivity contribution is -0.145. The van der Waals surface area contributed by atoms with E-state index in [0.29, 0.717) is 12.8 Å². The van der Waals surface area contributed by atoms with Crippen molar-refractivity contribution in [3.63, 3.8) is 0 Å². The summed E-state index contributed by atoms with van der Waals surface area (Å²) < 4.78 is 0. The quantitative estimate of drug-likeness (QED) is 0.716. The molecule has 0 aromatic carbocycles. The van der Waals surface area contributed by atoms with Crippen molar-refractivity contribution >= 4 is 11.9 Å². The highest BCUT2D eigenvalue weighted by Gasteiger charge is 2.34. The highest BCUT2D eigenvalue weighted by molar-refractivity contribution is 5.85. The monoisotopic (exact) mass is 225 g/mol. The fourth-order valence-corrected chi connectivity index (χ4v) is 1.74. The normalized spacial score (nSPS) is 18.4. The van der Waals surface area contributed by atoms with E-state index in [1.54, 1.807) is 20.8 Å². The minimum absolute atomic E-state index is 0.0933. The Kier molecular flexibility index (Phi) is 3.73. The van der Waals surface area contributed by atoms with Gasteiger partial charge in [-0.2, -0.15) is 0 Å². The maximum absolute atomic E-state index is 11.8. The SMILES string of the molecule is CC(C)(C)[C@H](NC(=O)C1CC=CC1)C(=O)O. The third kappa shape index (κ3) is 3.08. The number of rotatable bonds is 3. The van der Waals surface area contributed by atoms with E-state index in [4.69, 9.17) is 5.11 Å². The van der Waals surface area contributed by atoms with Gasteiger partial charge in [0, 0.05) is 5.92 Å². The van der Waals surface area contributed by atoms with Crippen molar-refractivity contribution in [1.29, 1.82) is 0 Å². The maximum atomic E-state index is 11.8. The Morgan fingerprint density at radius 3 is 2.19 bits per heavy atom. The van der Waals surface area contributed by atoms with E-state index < -0.39 is 17.4 Å². The third-order valence-corrected chi connectivity index (χ3v) is 2.78. The smallest absolute Gasteiger partial charge is 0.326 e. The van der Waals surface area contributed by atoms with Gasteiger partial charge in [0.25, 0.3) is 0 Å².